The van der Waals surface area contributed by atoms with Crippen LogP contribution in [0.1, 0.15) is 5.56 Å². The molecule has 98 valence electrons. The van der Waals surface area contributed by atoms with E-state index >= 15 is 0 Å². The summed E-state index contributed by atoms with van der Waals surface area (Å²) >= 11 is 0. The first kappa shape index (κ1) is 12.9. The fraction of sp³-hybridized carbons (Fsp3) is 0.0769. The highest BCUT2D eigenvalue weighted by Gasteiger charge is 2.14. The Kier molecular flexibility index (Phi) is 3.70. The molecule has 0 bridgehead atoms. The van der Waals surface area contributed by atoms with Crippen LogP contribution in [0.25, 0.3) is 0 Å². The van der Waals surface area contributed by atoms with Gasteiger partial charge in [0.15, 0.2) is 0 Å². The molecule has 0 amide bonds. The van der Waals surface area contributed by atoms with Gasteiger partial charge in [0, 0.05) is 12.1 Å². The molecule has 0 radical (unpaired) electrons. The molecule has 0 spiro atoms. The number of ether oxygens (including phenoxy) is 1. The average molecular weight is 265 g/mol. The molecule has 19 heavy (non-hydrogen) atoms. The second kappa shape index (κ2) is 5.43. The van der Waals surface area contributed by atoms with Crippen LogP contribution < -0.4 is 4.74 Å². The summed E-state index contributed by atoms with van der Waals surface area (Å²) in [4.78, 5) is 9.62. The highest BCUT2D eigenvalue weighted by Crippen LogP contribution is 2.23. The van der Waals surface area contributed by atoms with Gasteiger partial charge in [0.25, 0.3) is 0 Å². The van der Waals surface area contributed by atoms with Crippen molar-refractivity contribution < 1.29 is 18.4 Å². The van der Waals surface area contributed by atoms with E-state index in [0.717, 1.165) is 12.1 Å². The SMILES string of the molecule is O=[N+]([O-])c1ccc(OCc2cccc(F)c2)cc1F. The molecule has 4 nitrogen and oxygen atoms in total. The van der Waals surface area contributed by atoms with Crippen molar-refractivity contribution in [1.29, 1.82) is 0 Å². The molecular weight excluding hydrogens is 256 g/mol. The monoisotopic (exact) mass is 265 g/mol. The quantitative estimate of drug-likeness (QED) is 0.628. The van der Waals surface area contributed by atoms with Gasteiger partial charge in [-0.2, -0.15) is 4.39 Å². The van der Waals surface area contributed by atoms with Gasteiger partial charge < -0.3 is 4.74 Å². The van der Waals surface area contributed by atoms with Crippen LogP contribution in [0.3, 0.4) is 0 Å². The molecule has 2 aromatic rings. The van der Waals surface area contributed by atoms with Crippen LogP contribution in [-0.2, 0) is 6.61 Å². The number of rotatable bonds is 4. The molecule has 0 aromatic heterocycles. The zero-order valence-corrected chi connectivity index (χ0v) is 9.68. The summed E-state index contributed by atoms with van der Waals surface area (Å²) in [5, 5.41) is 10.4. The van der Waals surface area contributed by atoms with Crippen molar-refractivity contribution in [2.75, 3.05) is 0 Å². The summed E-state index contributed by atoms with van der Waals surface area (Å²) in [5.41, 5.74) is -0.0307. The van der Waals surface area contributed by atoms with Gasteiger partial charge in [-0.3, -0.25) is 10.1 Å². The van der Waals surface area contributed by atoms with Crippen molar-refractivity contribution in [3.8, 4) is 5.75 Å². The smallest absolute Gasteiger partial charge is 0.305 e. The topological polar surface area (TPSA) is 52.4 Å². The first-order chi connectivity index (χ1) is 9.06. The van der Waals surface area contributed by atoms with Gasteiger partial charge >= 0.3 is 5.69 Å². The molecule has 0 aliphatic rings. The largest absolute Gasteiger partial charge is 0.489 e. The molecule has 2 aromatic carbocycles. The summed E-state index contributed by atoms with van der Waals surface area (Å²) in [7, 11) is 0. The van der Waals surface area contributed by atoms with Crippen molar-refractivity contribution in [3.05, 3.63) is 69.8 Å². The molecular formula is C13H9F2NO3. The van der Waals surface area contributed by atoms with E-state index in [-0.39, 0.29) is 12.4 Å². The number of nitro groups is 1. The Bertz CT molecular complexity index is 617. The van der Waals surface area contributed by atoms with Crippen LogP contribution in [0.5, 0.6) is 5.75 Å². The van der Waals surface area contributed by atoms with E-state index in [0.29, 0.717) is 5.56 Å². The van der Waals surface area contributed by atoms with Gasteiger partial charge in [0.2, 0.25) is 5.82 Å². The van der Waals surface area contributed by atoms with E-state index in [9.17, 15) is 18.9 Å². The molecule has 0 heterocycles. The maximum absolute atomic E-state index is 13.3. The lowest BCUT2D eigenvalue weighted by atomic mass is 10.2. The number of benzene rings is 2. The second-order valence-corrected chi connectivity index (χ2v) is 3.79. The van der Waals surface area contributed by atoms with Crippen molar-refractivity contribution >= 4 is 5.69 Å². The van der Waals surface area contributed by atoms with Crippen LogP contribution in [0, 0.1) is 21.7 Å². The van der Waals surface area contributed by atoms with E-state index in [1.54, 1.807) is 6.07 Å². The minimum Gasteiger partial charge on any atom is -0.489 e. The third-order valence-corrected chi connectivity index (χ3v) is 2.41. The van der Waals surface area contributed by atoms with Crippen LogP contribution in [0.2, 0.25) is 0 Å². The minimum absolute atomic E-state index is 0.0506. The number of nitro benzene ring substituents is 1. The predicted octanol–water partition coefficient (Wildman–Crippen LogP) is 3.45. The molecule has 0 saturated carbocycles. The van der Waals surface area contributed by atoms with Gasteiger partial charge in [0.1, 0.15) is 18.2 Å². The summed E-state index contributed by atoms with van der Waals surface area (Å²) in [5.74, 6) is -1.22. The first-order valence-electron chi connectivity index (χ1n) is 5.37. The Morgan fingerprint density at radius 1 is 1.16 bits per heavy atom. The van der Waals surface area contributed by atoms with Gasteiger partial charge in [-0.15, -0.1) is 0 Å². The normalized spacial score (nSPS) is 10.2. The molecule has 6 heteroatoms. The average Bonchev–Trinajstić information content (AvgIpc) is 2.36. The summed E-state index contributed by atoms with van der Waals surface area (Å²) in [6.45, 7) is 0.0506. The Hall–Kier alpha value is -2.50. The van der Waals surface area contributed by atoms with Crippen molar-refractivity contribution in [3.63, 3.8) is 0 Å². The number of hydrogen-bond donors (Lipinski definition) is 0. The highest BCUT2D eigenvalue weighted by atomic mass is 19.1. The van der Waals surface area contributed by atoms with Crippen molar-refractivity contribution in [1.82, 2.24) is 0 Å². The van der Waals surface area contributed by atoms with Crippen LogP contribution in [0.4, 0.5) is 14.5 Å². The third-order valence-electron chi connectivity index (χ3n) is 2.41. The van der Waals surface area contributed by atoms with Gasteiger partial charge in [0.05, 0.1) is 4.92 Å². The molecule has 0 aliphatic heterocycles. The number of hydrogen-bond acceptors (Lipinski definition) is 3. The Morgan fingerprint density at radius 2 is 1.95 bits per heavy atom. The lowest BCUT2D eigenvalue weighted by Crippen LogP contribution is -1.98. The number of halogens is 2. The Balaban J connectivity index is 2.08. The number of nitrogens with zero attached hydrogens (tertiary/aromatic N) is 1. The zero-order valence-electron chi connectivity index (χ0n) is 9.68. The fourth-order valence-corrected chi connectivity index (χ4v) is 1.52. The molecule has 0 N–H and O–H groups in total. The van der Waals surface area contributed by atoms with E-state index in [1.165, 1.54) is 24.3 Å². The molecule has 0 atom stereocenters. The molecule has 0 aliphatic carbocycles. The maximum Gasteiger partial charge on any atom is 0.305 e. The van der Waals surface area contributed by atoms with Crippen LogP contribution in [0.15, 0.2) is 42.5 Å². The summed E-state index contributed by atoms with van der Waals surface area (Å²) < 4.78 is 31.5. The van der Waals surface area contributed by atoms with E-state index in [2.05, 4.69) is 0 Å². The third kappa shape index (κ3) is 3.25. The van der Waals surface area contributed by atoms with E-state index < -0.39 is 22.2 Å². The lowest BCUT2D eigenvalue weighted by molar-refractivity contribution is -0.387. The standard InChI is InChI=1S/C13H9F2NO3/c14-10-3-1-2-9(6-10)8-19-11-4-5-13(16(17)18)12(15)7-11/h1-7H,8H2. The molecule has 0 saturated heterocycles. The van der Waals surface area contributed by atoms with E-state index in [4.69, 9.17) is 4.74 Å². The fourth-order valence-electron chi connectivity index (χ4n) is 1.52. The lowest BCUT2D eigenvalue weighted by Gasteiger charge is -2.06. The Labute approximate surface area is 107 Å². The Morgan fingerprint density at radius 3 is 2.58 bits per heavy atom. The van der Waals surface area contributed by atoms with Gasteiger partial charge in [-0.1, -0.05) is 12.1 Å². The van der Waals surface area contributed by atoms with Crippen molar-refractivity contribution in [2.24, 2.45) is 0 Å². The molecule has 2 rings (SSSR count). The van der Waals surface area contributed by atoms with E-state index in [1.807, 2.05) is 0 Å². The van der Waals surface area contributed by atoms with Crippen LogP contribution >= 0.6 is 0 Å². The summed E-state index contributed by atoms with van der Waals surface area (Å²) in [6, 6.07) is 9.03. The van der Waals surface area contributed by atoms with Gasteiger partial charge in [-0.25, -0.2) is 4.39 Å². The predicted molar refractivity (Wildman–Crippen MR) is 63.8 cm³/mol. The summed E-state index contributed by atoms with van der Waals surface area (Å²) in [6.07, 6.45) is 0. The molecule has 0 fully saturated rings. The molecule has 0 unspecified atom stereocenters. The zero-order chi connectivity index (χ0) is 13.8. The first-order valence-corrected chi connectivity index (χ1v) is 5.37. The minimum atomic E-state index is -0.971. The highest BCUT2D eigenvalue weighted by molar-refractivity contribution is 5.38. The maximum atomic E-state index is 13.3. The van der Waals surface area contributed by atoms with Crippen molar-refractivity contribution in [2.45, 2.75) is 6.61 Å². The van der Waals surface area contributed by atoms with Gasteiger partial charge in [-0.05, 0) is 23.8 Å². The van der Waals surface area contributed by atoms with Crippen LogP contribution in [-0.4, -0.2) is 4.92 Å². The second-order valence-electron chi connectivity index (χ2n) is 3.79.